The number of nitrogens with zero attached hydrogens (tertiary/aromatic N) is 4. The molecule has 3 heterocycles. The molecule has 46 heavy (non-hydrogen) atoms. The van der Waals surface area contributed by atoms with Gasteiger partial charge in [0, 0.05) is 34.2 Å². The number of ether oxygens (including phenoxy) is 1. The molecule has 6 heteroatoms. The van der Waals surface area contributed by atoms with Crippen molar-refractivity contribution in [2.24, 2.45) is 0 Å². The van der Waals surface area contributed by atoms with E-state index in [1.165, 1.54) is 11.1 Å². The minimum Gasteiger partial charge on any atom is -0.509 e. The second kappa shape index (κ2) is 12.4. The summed E-state index contributed by atoms with van der Waals surface area (Å²) in [5.41, 5.74) is 8.38. The predicted octanol–water partition coefficient (Wildman–Crippen LogP) is 10.2. The van der Waals surface area contributed by atoms with Crippen LogP contribution in [0.15, 0.2) is 103 Å². The molecule has 0 spiro atoms. The number of hydrogen-bond acceptors (Lipinski definition) is 3. The molecule has 3 aromatic heterocycles. The van der Waals surface area contributed by atoms with Crippen molar-refractivity contribution in [2.75, 3.05) is 0 Å². The molecule has 5 nitrogen and oxygen atoms in total. The number of pyridine rings is 1. The van der Waals surface area contributed by atoms with E-state index in [1.807, 2.05) is 36.5 Å². The van der Waals surface area contributed by atoms with Crippen LogP contribution in [0.1, 0.15) is 57.5 Å². The summed E-state index contributed by atoms with van der Waals surface area (Å²) in [6.45, 7) is 13.2. The summed E-state index contributed by atoms with van der Waals surface area (Å²) in [7, 11) is 0. The van der Waals surface area contributed by atoms with Crippen LogP contribution in [0, 0.1) is 19.1 Å². The summed E-state index contributed by atoms with van der Waals surface area (Å²) in [5.74, 6) is 2.31. The van der Waals surface area contributed by atoms with Gasteiger partial charge in [0.05, 0.1) is 11.4 Å². The van der Waals surface area contributed by atoms with Crippen LogP contribution < -0.4 is 4.74 Å². The third-order valence-electron chi connectivity index (χ3n) is 8.12. The molecule has 0 atom stereocenters. The molecule has 0 aliphatic carbocycles. The van der Waals surface area contributed by atoms with Crippen LogP contribution in [0.3, 0.4) is 0 Å². The molecule has 0 radical (unpaired) electrons. The minimum atomic E-state index is -0.175. The molecule has 0 saturated heterocycles. The van der Waals surface area contributed by atoms with Crippen molar-refractivity contribution in [1.82, 2.24) is 19.3 Å². The monoisotopic (exact) mass is 694 g/mol. The van der Waals surface area contributed by atoms with E-state index in [9.17, 15) is 0 Å². The number of benzene rings is 4. The maximum Gasteiger partial charge on any atom is 2.00 e. The largest absolute Gasteiger partial charge is 2.00 e. The number of para-hydroxylation sites is 1. The van der Waals surface area contributed by atoms with Crippen LogP contribution >= 0.6 is 0 Å². The normalized spacial score (nSPS) is 11.7. The van der Waals surface area contributed by atoms with Gasteiger partial charge in [-0.15, -0.1) is 35.7 Å². The molecule has 0 aliphatic heterocycles. The first-order chi connectivity index (χ1) is 21.7. The van der Waals surface area contributed by atoms with E-state index in [0.717, 1.165) is 50.3 Å². The van der Waals surface area contributed by atoms with Gasteiger partial charge >= 0.3 is 20.4 Å². The van der Waals surface area contributed by atoms with E-state index in [0.29, 0.717) is 11.5 Å². The number of aromatic nitrogens is 4. The Morgan fingerprint density at radius 2 is 1.52 bits per heavy atom. The van der Waals surface area contributed by atoms with Crippen LogP contribution in [-0.2, 0) is 25.8 Å². The van der Waals surface area contributed by atoms with Crippen molar-refractivity contribution in [3.8, 4) is 34.1 Å². The van der Waals surface area contributed by atoms with Crippen LogP contribution in [0.2, 0.25) is 0 Å². The Kier molecular flexibility index (Phi) is 8.46. The molecular weight excluding hydrogens is 659 g/mol. The summed E-state index contributed by atoms with van der Waals surface area (Å²) in [4.78, 5) is 4.70. The number of hydrogen-bond donors (Lipinski definition) is 0. The van der Waals surface area contributed by atoms with Gasteiger partial charge in [0.15, 0.2) is 0 Å². The maximum atomic E-state index is 6.47. The zero-order valence-electron chi connectivity index (χ0n) is 26.9. The van der Waals surface area contributed by atoms with Crippen molar-refractivity contribution in [3.05, 3.63) is 132 Å². The molecule has 0 fully saturated rings. The summed E-state index contributed by atoms with van der Waals surface area (Å²) < 4.78 is 10.7. The minimum absolute atomic E-state index is 0. The van der Waals surface area contributed by atoms with Crippen molar-refractivity contribution in [2.45, 2.75) is 52.9 Å². The molecular formula is C40H36N4OPd. The molecule has 0 aliphatic rings. The van der Waals surface area contributed by atoms with Gasteiger partial charge in [-0.2, -0.15) is 17.2 Å². The topological polar surface area (TPSA) is 44.9 Å². The SMILES string of the molecule is Cc1ccnc(-n2c3[c-]c(Oc4[c-]c(-n5nc(C(C)C)c(-c6ccccc6)c5C(C)(C)C)ccc4)ccc3c3ccccc32)c1.[Pd+2]. The first-order valence-corrected chi connectivity index (χ1v) is 15.5. The average molecular weight is 695 g/mol. The second-order valence-corrected chi connectivity index (χ2v) is 12.9. The van der Waals surface area contributed by atoms with Crippen LogP contribution in [0.4, 0.5) is 0 Å². The van der Waals surface area contributed by atoms with Gasteiger partial charge in [0.25, 0.3) is 0 Å². The zero-order chi connectivity index (χ0) is 31.3. The van der Waals surface area contributed by atoms with Gasteiger partial charge in [0.1, 0.15) is 5.82 Å². The van der Waals surface area contributed by atoms with Gasteiger partial charge in [-0.1, -0.05) is 88.7 Å². The summed E-state index contributed by atoms with van der Waals surface area (Å²) >= 11 is 0. The molecule has 0 amide bonds. The van der Waals surface area contributed by atoms with Crippen molar-refractivity contribution < 1.29 is 25.2 Å². The Morgan fingerprint density at radius 3 is 2.26 bits per heavy atom. The summed E-state index contributed by atoms with van der Waals surface area (Å²) in [5, 5.41) is 7.45. The van der Waals surface area contributed by atoms with E-state index in [-0.39, 0.29) is 31.8 Å². The Balaban J connectivity index is 0.00000372. The maximum absolute atomic E-state index is 6.47. The van der Waals surface area contributed by atoms with Crippen LogP contribution in [0.5, 0.6) is 11.5 Å². The smallest absolute Gasteiger partial charge is 0.509 e. The van der Waals surface area contributed by atoms with Crippen LogP contribution in [0.25, 0.3) is 44.4 Å². The van der Waals surface area contributed by atoms with Crippen molar-refractivity contribution >= 4 is 21.8 Å². The first kappa shape index (κ1) is 31.5. The fourth-order valence-corrected chi connectivity index (χ4v) is 6.15. The summed E-state index contributed by atoms with van der Waals surface area (Å²) in [6.07, 6.45) is 1.85. The molecule has 0 bridgehead atoms. The van der Waals surface area contributed by atoms with E-state index >= 15 is 0 Å². The molecule has 0 N–H and O–H groups in total. The Morgan fingerprint density at radius 1 is 0.783 bits per heavy atom. The third-order valence-corrected chi connectivity index (χ3v) is 8.12. The molecule has 0 unspecified atom stereocenters. The van der Waals surface area contributed by atoms with Crippen molar-refractivity contribution in [1.29, 1.82) is 0 Å². The number of aryl methyl sites for hydroxylation is 1. The Labute approximate surface area is 284 Å². The van der Waals surface area contributed by atoms with Crippen molar-refractivity contribution in [3.63, 3.8) is 0 Å². The standard InChI is InChI=1S/C40H36N4O.Pd/c1-26(2)38-37(28-13-8-7-9-14-28)39(40(4,5)6)44(42-38)29-15-12-16-30(24-29)45-31-19-20-33-32-17-10-11-18-34(32)43(35(33)25-31)36-23-27(3)21-22-41-36;/h7-23,26H,1-6H3;/q-2;+2. The number of rotatable bonds is 6. The molecule has 0 saturated carbocycles. The summed E-state index contributed by atoms with van der Waals surface area (Å²) in [6, 6.07) is 40.2. The van der Waals surface area contributed by atoms with Gasteiger partial charge in [-0.25, -0.2) is 4.98 Å². The van der Waals surface area contributed by atoms with E-state index in [4.69, 9.17) is 14.8 Å². The van der Waals surface area contributed by atoms with Gasteiger partial charge in [-0.3, -0.25) is 4.68 Å². The molecule has 7 rings (SSSR count). The zero-order valence-corrected chi connectivity index (χ0v) is 28.5. The Hall–Kier alpha value is -4.50. The van der Waals surface area contributed by atoms with Gasteiger partial charge in [0.2, 0.25) is 0 Å². The second-order valence-electron chi connectivity index (χ2n) is 12.9. The van der Waals surface area contributed by atoms with Gasteiger partial charge < -0.3 is 9.30 Å². The Bertz CT molecular complexity index is 2170. The van der Waals surface area contributed by atoms with E-state index in [1.54, 1.807) is 0 Å². The van der Waals surface area contributed by atoms with Crippen LogP contribution in [-0.4, -0.2) is 19.3 Å². The molecule has 232 valence electrons. The fourth-order valence-electron chi connectivity index (χ4n) is 6.15. The van der Waals surface area contributed by atoms with Gasteiger partial charge in [-0.05, 0) is 53.2 Å². The molecule has 4 aromatic carbocycles. The quantitative estimate of drug-likeness (QED) is 0.129. The fraction of sp³-hybridized carbons (Fsp3) is 0.200. The first-order valence-electron chi connectivity index (χ1n) is 15.5. The average Bonchev–Trinajstić information content (AvgIpc) is 3.59. The predicted molar refractivity (Wildman–Crippen MR) is 183 cm³/mol. The number of fused-ring (bicyclic) bond motifs is 3. The third kappa shape index (κ3) is 5.68. The molecule has 7 aromatic rings. The van der Waals surface area contributed by atoms with E-state index < -0.39 is 0 Å². The van der Waals surface area contributed by atoms with E-state index in [2.05, 4.69) is 130 Å².